The summed E-state index contributed by atoms with van der Waals surface area (Å²) < 4.78 is 0.956. The summed E-state index contributed by atoms with van der Waals surface area (Å²) in [4.78, 5) is 1.51. The molecule has 112 valence electrons. The lowest BCUT2D eigenvalue weighted by Crippen LogP contribution is -2.45. The zero-order chi connectivity index (χ0) is 14.3. The smallest absolute Gasteiger partial charge is 0.0934 e. The third-order valence-corrected chi connectivity index (χ3v) is 6.48. The Morgan fingerprint density at radius 1 is 1.20 bits per heavy atom. The first-order valence-electron chi connectivity index (χ1n) is 7.99. The summed E-state index contributed by atoms with van der Waals surface area (Å²) >= 11 is 7.95. The predicted molar refractivity (Wildman–Crippen MR) is 88.7 cm³/mol. The lowest BCUT2D eigenvalue weighted by molar-refractivity contribution is 0.123. The summed E-state index contributed by atoms with van der Waals surface area (Å²) in [5, 5.41) is 3.99. The molecule has 1 heterocycles. The van der Waals surface area contributed by atoms with Gasteiger partial charge in [-0.3, -0.25) is 0 Å². The van der Waals surface area contributed by atoms with Gasteiger partial charge >= 0.3 is 0 Å². The van der Waals surface area contributed by atoms with Gasteiger partial charge in [0.15, 0.2) is 0 Å². The van der Waals surface area contributed by atoms with Crippen LogP contribution in [-0.4, -0.2) is 6.04 Å². The second-order valence-corrected chi connectivity index (χ2v) is 9.32. The molecule has 20 heavy (non-hydrogen) atoms. The summed E-state index contributed by atoms with van der Waals surface area (Å²) in [5.74, 6) is 0.800. The van der Waals surface area contributed by atoms with Gasteiger partial charge in [0.25, 0.3) is 0 Å². The molecule has 0 saturated heterocycles. The molecule has 0 radical (unpaired) electrons. The molecule has 3 atom stereocenters. The molecule has 0 aliphatic heterocycles. The molecule has 1 nitrogen and oxygen atoms in total. The number of thiophene rings is 1. The van der Waals surface area contributed by atoms with E-state index in [4.69, 9.17) is 11.6 Å². The summed E-state index contributed by atoms with van der Waals surface area (Å²) in [7, 11) is 0. The average molecular weight is 312 g/mol. The van der Waals surface area contributed by atoms with Gasteiger partial charge in [-0.25, -0.2) is 0 Å². The maximum absolute atomic E-state index is 6.18. The van der Waals surface area contributed by atoms with Gasteiger partial charge in [0.05, 0.1) is 4.34 Å². The molecule has 0 spiro atoms. The Labute approximate surface area is 132 Å². The van der Waals surface area contributed by atoms with E-state index in [0.29, 0.717) is 17.5 Å². The van der Waals surface area contributed by atoms with Crippen molar-refractivity contribution in [2.75, 3.05) is 0 Å². The molecule has 1 saturated carbocycles. The number of rotatable bonds is 2. The minimum Gasteiger partial charge on any atom is -0.307 e. The normalized spacial score (nSPS) is 30.5. The molecule has 0 aromatic carbocycles. The van der Waals surface area contributed by atoms with Gasteiger partial charge in [-0.05, 0) is 48.6 Å². The number of fused-ring (bicyclic) bond motifs is 1. The van der Waals surface area contributed by atoms with E-state index in [-0.39, 0.29) is 0 Å². The Kier molecular flexibility index (Phi) is 4.18. The number of hydrogen-bond acceptors (Lipinski definition) is 2. The van der Waals surface area contributed by atoms with E-state index in [0.717, 1.165) is 10.3 Å². The van der Waals surface area contributed by atoms with Gasteiger partial charge in [-0.15, -0.1) is 11.3 Å². The minimum absolute atomic E-state index is 0.409. The van der Waals surface area contributed by atoms with Gasteiger partial charge in [0.2, 0.25) is 0 Å². The van der Waals surface area contributed by atoms with E-state index in [2.05, 4.69) is 32.2 Å². The summed E-state index contributed by atoms with van der Waals surface area (Å²) in [6, 6.07) is 3.42. The Hall–Kier alpha value is -0.0500. The standard InChI is InChI=1S/C17H26ClNS/c1-17(2,3)12-6-4-5-7-14(12)19-13-8-9-15-11(13)10-16(18)20-15/h10,12-14,19H,4-9H2,1-3H3. The fraction of sp³-hybridized carbons (Fsp3) is 0.765. The van der Waals surface area contributed by atoms with Crippen molar-refractivity contribution in [2.24, 2.45) is 11.3 Å². The minimum atomic E-state index is 0.409. The van der Waals surface area contributed by atoms with E-state index >= 15 is 0 Å². The van der Waals surface area contributed by atoms with E-state index in [9.17, 15) is 0 Å². The molecule has 1 aromatic heterocycles. The molecular weight excluding hydrogens is 286 g/mol. The first-order chi connectivity index (χ1) is 9.45. The third kappa shape index (κ3) is 2.93. The van der Waals surface area contributed by atoms with E-state index in [1.807, 2.05) is 0 Å². The van der Waals surface area contributed by atoms with Crippen molar-refractivity contribution >= 4 is 22.9 Å². The van der Waals surface area contributed by atoms with Crippen LogP contribution in [0.25, 0.3) is 0 Å². The van der Waals surface area contributed by atoms with Crippen LogP contribution in [0.4, 0.5) is 0 Å². The largest absolute Gasteiger partial charge is 0.307 e. The van der Waals surface area contributed by atoms with Crippen molar-refractivity contribution in [3.63, 3.8) is 0 Å². The van der Waals surface area contributed by atoms with Crippen LogP contribution < -0.4 is 5.32 Å². The van der Waals surface area contributed by atoms with Crippen molar-refractivity contribution in [1.82, 2.24) is 5.32 Å². The zero-order valence-corrected chi connectivity index (χ0v) is 14.4. The fourth-order valence-corrected chi connectivity index (χ4v) is 5.49. The molecular formula is C17H26ClNS. The highest BCUT2D eigenvalue weighted by atomic mass is 35.5. The lowest BCUT2D eigenvalue weighted by Gasteiger charge is -2.42. The van der Waals surface area contributed by atoms with Crippen LogP contribution in [0, 0.1) is 11.3 Å². The number of nitrogens with one attached hydrogen (secondary N) is 1. The summed E-state index contributed by atoms with van der Waals surface area (Å²) in [6.07, 6.45) is 7.97. The quantitative estimate of drug-likeness (QED) is 0.751. The van der Waals surface area contributed by atoms with Gasteiger partial charge in [0, 0.05) is 17.0 Å². The molecule has 3 heteroatoms. The van der Waals surface area contributed by atoms with Crippen molar-refractivity contribution in [3.05, 3.63) is 20.8 Å². The number of hydrogen-bond donors (Lipinski definition) is 1. The Bertz CT molecular complexity index is 474. The Balaban J connectivity index is 1.73. The number of aryl methyl sites for hydroxylation is 1. The molecule has 0 amide bonds. The van der Waals surface area contributed by atoms with Gasteiger partial charge in [-0.1, -0.05) is 45.2 Å². The van der Waals surface area contributed by atoms with Gasteiger partial charge < -0.3 is 5.32 Å². The molecule has 3 unspecified atom stereocenters. The Morgan fingerprint density at radius 2 is 1.95 bits per heavy atom. The second-order valence-electron chi connectivity index (χ2n) is 7.55. The molecule has 3 rings (SSSR count). The fourth-order valence-electron chi connectivity index (χ4n) is 4.13. The second kappa shape index (κ2) is 5.62. The molecule has 1 fully saturated rings. The van der Waals surface area contributed by atoms with Crippen molar-refractivity contribution < 1.29 is 0 Å². The van der Waals surface area contributed by atoms with Crippen LogP contribution >= 0.6 is 22.9 Å². The van der Waals surface area contributed by atoms with Crippen LogP contribution in [-0.2, 0) is 6.42 Å². The molecule has 1 N–H and O–H groups in total. The van der Waals surface area contributed by atoms with Gasteiger partial charge in [0.1, 0.15) is 0 Å². The monoisotopic (exact) mass is 311 g/mol. The molecule has 2 aliphatic rings. The van der Waals surface area contributed by atoms with Gasteiger partial charge in [-0.2, -0.15) is 0 Å². The van der Waals surface area contributed by atoms with Crippen molar-refractivity contribution in [2.45, 2.75) is 71.4 Å². The maximum atomic E-state index is 6.18. The third-order valence-electron chi connectivity index (χ3n) is 5.14. The van der Waals surface area contributed by atoms with Crippen LogP contribution in [0.3, 0.4) is 0 Å². The highest BCUT2D eigenvalue weighted by molar-refractivity contribution is 7.16. The Morgan fingerprint density at radius 3 is 2.70 bits per heavy atom. The summed E-state index contributed by atoms with van der Waals surface area (Å²) in [6.45, 7) is 7.21. The first-order valence-corrected chi connectivity index (χ1v) is 9.19. The van der Waals surface area contributed by atoms with Crippen LogP contribution in [0.5, 0.6) is 0 Å². The van der Waals surface area contributed by atoms with Crippen LogP contribution in [0.2, 0.25) is 4.34 Å². The lowest BCUT2D eigenvalue weighted by atomic mass is 9.69. The van der Waals surface area contributed by atoms with Crippen LogP contribution in [0.15, 0.2) is 6.07 Å². The predicted octanol–water partition coefficient (Wildman–Crippen LogP) is 5.58. The maximum Gasteiger partial charge on any atom is 0.0934 e. The topological polar surface area (TPSA) is 12.0 Å². The molecule has 0 bridgehead atoms. The highest BCUT2D eigenvalue weighted by Crippen LogP contribution is 2.43. The molecule has 1 aromatic rings. The highest BCUT2D eigenvalue weighted by Gasteiger charge is 2.36. The number of halogens is 1. The first kappa shape index (κ1) is 14.9. The average Bonchev–Trinajstić information content (AvgIpc) is 2.90. The molecule has 2 aliphatic carbocycles. The van der Waals surface area contributed by atoms with E-state index in [1.54, 1.807) is 11.3 Å². The van der Waals surface area contributed by atoms with Crippen LogP contribution in [0.1, 0.15) is 69.4 Å². The van der Waals surface area contributed by atoms with Crippen molar-refractivity contribution in [1.29, 1.82) is 0 Å². The van der Waals surface area contributed by atoms with E-state index < -0.39 is 0 Å². The SMILES string of the molecule is CC(C)(C)C1CCCCC1NC1CCc2sc(Cl)cc21. The van der Waals surface area contributed by atoms with E-state index in [1.165, 1.54) is 49.0 Å². The zero-order valence-electron chi connectivity index (χ0n) is 12.8. The van der Waals surface area contributed by atoms with Crippen molar-refractivity contribution in [3.8, 4) is 0 Å². The summed E-state index contributed by atoms with van der Waals surface area (Å²) in [5.41, 5.74) is 1.89.